The van der Waals surface area contributed by atoms with Gasteiger partial charge in [0.25, 0.3) is 0 Å². The third kappa shape index (κ3) is 2.38. The van der Waals surface area contributed by atoms with Crippen molar-refractivity contribution in [3.63, 3.8) is 0 Å². The summed E-state index contributed by atoms with van der Waals surface area (Å²) >= 11 is 1.97. The first-order valence-corrected chi connectivity index (χ1v) is 5.89. The standard InChI is InChI=1S/C12H17NO.Ti/c1-7-8(2)10(4)12(9(7)3)6-13-11(5)14;/h9H,1-5H3,(H,13,14);/q;+2. The van der Waals surface area contributed by atoms with E-state index in [1.165, 1.54) is 22.3 Å². The summed E-state index contributed by atoms with van der Waals surface area (Å²) in [7, 11) is 0. The van der Waals surface area contributed by atoms with E-state index in [1.54, 1.807) is 6.92 Å². The molecule has 0 heterocycles. The zero-order chi connectivity index (χ0) is 11.7. The number of allylic oxidation sites excluding steroid dienone is 3. The van der Waals surface area contributed by atoms with Crippen molar-refractivity contribution < 1.29 is 24.8 Å². The van der Waals surface area contributed by atoms with Gasteiger partial charge in [-0.05, 0) is 0 Å². The Labute approximate surface area is 103 Å². The maximum atomic E-state index is 11.0. The van der Waals surface area contributed by atoms with Gasteiger partial charge in [0.2, 0.25) is 0 Å². The second-order valence-electron chi connectivity index (χ2n) is 4.12. The predicted octanol–water partition coefficient (Wildman–Crippen LogP) is 2.10. The van der Waals surface area contributed by atoms with Gasteiger partial charge in [-0.1, -0.05) is 0 Å². The fraction of sp³-hybridized carbons (Fsp3) is 0.500. The van der Waals surface area contributed by atoms with E-state index < -0.39 is 0 Å². The molecule has 0 saturated carbocycles. The van der Waals surface area contributed by atoms with Crippen LogP contribution < -0.4 is 5.32 Å². The number of carbonyl (C=O) groups is 1. The quantitative estimate of drug-likeness (QED) is 0.734. The minimum absolute atomic E-state index is 0.00204. The first kappa shape index (κ1) is 12.6. The van der Waals surface area contributed by atoms with E-state index in [2.05, 4.69) is 33.0 Å². The third-order valence-corrected chi connectivity index (χ3v) is 3.83. The van der Waals surface area contributed by atoms with Crippen molar-refractivity contribution in [2.24, 2.45) is 5.92 Å². The minimum atomic E-state index is 0.00204. The second-order valence-corrected chi connectivity index (χ2v) is 4.91. The van der Waals surface area contributed by atoms with Crippen LogP contribution in [0.2, 0.25) is 0 Å². The number of hydrogen-bond donors (Lipinski definition) is 1. The molecule has 0 aromatic heterocycles. The summed E-state index contributed by atoms with van der Waals surface area (Å²) in [6, 6.07) is 0. The Balaban J connectivity index is 3.00. The molecule has 1 unspecified atom stereocenters. The summed E-state index contributed by atoms with van der Waals surface area (Å²) in [6.45, 7) is 10.2. The first-order chi connectivity index (χ1) is 6.86. The van der Waals surface area contributed by atoms with Crippen LogP contribution in [-0.4, -0.2) is 9.84 Å². The van der Waals surface area contributed by atoms with Gasteiger partial charge in [0.05, 0.1) is 0 Å². The molecule has 0 radical (unpaired) electrons. The van der Waals surface area contributed by atoms with E-state index in [-0.39, 0.29) is 5.91 Å². The Hall–Kier alpha value is -0.466. The number of rotatable bonds is 2. The van der Waals surface area contributed by atoms with E-state index in [0.717, 1.165) is 3.94 Å². The van der Waals surface area contributed by atoms with Gasteiger partial charge in [-0.25, -0.2) is 0 Å². The molecule has 1 aliphatic rings. The number of hydrogen-bond acceptors (Lipinski definition) is 1. The number of carbonyl (C=O) groups excluding carboxylic acids is 1. The van der Waals surface area contributed by atoms with Crippen molar-refractivity contribution in [3.05, 3.63) is 22.3 Å². The third-order valence-electron chi connectivity index (χ3n) is 3.21. The molecule has 1 N–H and O–H groups in total. The van der Waals surface area contributed by atoms with Crippen molar-refractivity contribution in [2.45, 2.75) is 34.6 Å². The van der Waals surface area contributed by atoms with E-state index >= 15 is 0 Å². The molecule has 0 aromatic carbocycles. The monoisotopic (exact) mass is 239 g/mol. The van der Waals surface area contributed by atoms with Gasteiger partial charge in [-0.2, -0.15) is 0 Å². The summed E-state index contributed by atoms with van der Waals surface area (Å²) in [6.07, 6.45) is 0. The first-order valence-electron chi connectivity index (χ1n) is 5.11. The van der Waals surface area contributed by atoms with Crippen LogP contribution in [0.5, 0.6) is 0 Å². The maximum absolute atomic E-state index is 11.0. The van der Waals surface area contributed by atoms with Gasteiger partial charge >= 0.3 is 103 Å². The zero-order valence-electron chi connectivity index (χ0n) is 9.99. The van der Waals surface area contributed by atoms with Crippen LogP contribution >= 0.6 is 0 Å². The predicted molar refractivity (Wildman–Crippen MR) is 59.1 cm³/mol. The summed E-state index contributed by atoms with van der Waals surface area (Å²) in [5, 5.41) is 2.88. The molecular weight excluding hydrogens is 222 g/mol. The van der Waals surface area contributed by atoms with Crippen LogP contribution in [0, 0.1) is 5.92 Å². The average Bonchev–Trinajstić information content (AvgIpc) is 2.30. The fourth-order valence-corrected chi connectivity index (χ4v) is 2.92. The summed E-state index contributed by atoms with van der Waals surface area (Å²) in [5.41, 5.74) is 5.36. The summed E-state index contributed by atoms with van der Waals surface area (Å²) in [5.74, 6) is 0.430. The molecule has 0 fully saturated rings. The van der Waals surface area contributed by atoms with Gasteiger partial charge in [0.1, 0.15) is 0 Å². The van der Waals surface area contributed by atoms with Crippen LogP contribution in [0.15, 0.2) is 22.3 Å². The Kier molecular flexibility index (Phi) is 3.85. The normalized spacial score (nSPS) is 21.1. The van der Waals surface area contributed by atoms with Crippen molar-refractivity contribution in [3.8, 4) is 0 Å². The number of nitrogens with one attached hydrogen (secondary N) is 1. The van der Waals surface area contributed by atoms with Gasteiger partial charge in [0.15, 0.2) is 0 Å². The molecule has 0 aromatic rings. The topological polar surface area (TPSA) is 29.1 Å². The molecule has 1 atom stereocenters. The van der Waals surface area contributed by atoms with Crippen LogP contribution in [0.3, 0.4) is 0 Å². The molecule has 0 aliphatic heterocycles. The van der Waals surface area contributed by atoms with Crippen molar-refractivity contribution in [1.29, 1.82) is 0 Å². The van der Waals surface area contributed by atoms with E-state index in [9.17, 15) is 4.79 Å². The Morgan fingerprint density at radius 1 is 1.27 bits per heavy atom. The van der Waals surface area contributed by atoms with Gasteiger partial charge in [-0.3, -0.25) is 0 Å². The van der Waals surface area contributed by atoms with Crippen molar-refractivity contribution >= 4 is 9.84 Å². The Morgan fingerprint density at radius 2 is 1.80 bits per heavy atom. The molecule has 3 heteroatoms. The molecule has 1 aliphatic carbocycles. The average molecular weight is 239 g/mol. The summed E-state index contributed by atoms with van der Waals surface area (Å²) in [4.78, 5) is 11.0. The molecule has 0 bridgehead atoms. The molecule has 1 rings (SSSR count). The van der Waals surface area contributed by atoms with Crippen LogP contribution in [-0.2, 0) is 24.8 Å². The molecule has 78 valence electrons. The zero-order valence-corrected chi connectivity index (χ0v) is 11.5. The van der Waals surface area contributed by atoms with Gasteiger partial charge in [0, 0.05) is 0 Å². The Bertz CT molecular complexity index is 390. The van der Waals surface area contributed by atoms with E-state index in [4.69, 9.17) is 0 Å². The van der Waals surface area contributed by atoms with Crippen LogP contribution in [0.4, 0.5) is 0 Å². The van der Waals surface area contributed by atoms with Gasteiger partial charge < -0.3 is 0 Å². The van der Waals surface area contributed by atoms with Crippen molar-refractivity contribution in [2.75, 3.05) is 0 Å². The van der Waals surface area contributed by atoms with E-state index in [1.807, 2.05) is 20.0 Å². The van der Waals surface area contributed by atoms with Crippen LogP contribution in [0.25, 0.3) is 0 Å². The van der Waals surface area contributed by atoms with Gasteiger partial charge in [-0.15, -0.1) is 0 Å². The van der Waals surface area contributed by atoms with Crippen molar-refractivity contribution in [1.82, 2.24) is 5.32 Å². The molecule has 0 saturated heterocycles. The molecule has 1 amide bonds. The summed E-state index contributed by atoms with van der Waals surface area (Å²) < 4.78 is 0.990. The van der Waals surface area contributed by atoms with Crippen LogP contribution in [0.1, 0.15) is 34.6 Å². The molecule has 2 nitrogen and oxygen atoms in total. The fourth-order valence-electron chi connectivity index (χ4n) is 2.01. The SMILES string of the molecule is CC(=O)N[C](=[Ti+2])C1=C(C)C(C)=C(C)C1C. The number of amides is 1. The molecular formula is C12H17NOTi+2. The second kappa shape index (κ2) is 4.59. The molecule has 15 heavy (non-hydrogen) atoms. The Morgan fingerprint density at radius 3 is 2.13 bits per heavy atom. The van der Waals surface area contributed by atoms with E-state index in [0.29, 0.717) is 5.92 Å². The molecule has 0 spiro atoms.